The molecule has 2 rings (SSSR count). The van der Waals surface area contributed by atoms with Gasteiger partial charge >= 0.3 is 0 Å². The van der Waals surface area contributed by atoms with E-state index in [0.717, 1.165) is 18.0 Å². The van der Waals surface area contributed by atoms with E-state index in [-0.39, 0.29) is 0 Å². The summed E-state index contributed by atoms with van der Waals surface area (Å²) in [5, 5.41) is 3.76. The highest BCUT2D eigenvalue weighted by atomic mass is 15.1. The van der Waals surface area contributed by atoms with E-state index >= 15 is 0 Å². The van der Waals surface area contributed by atoms with E-state index < -0.39 is 0 Å². The van der Waals surface area contributed by atoms with Crippen LogP contribution in [0.2, 0.25) is 0 Å². The van der Waals surface area contributed by atoms with Crippen molar-refractivity contribution >= 4 is 0 Å². The molecule has 0 radical (unpaired) electrons. The minimum atomic E-state index is 0.817. The van der Waals surface area contributed by atoms with E-state index in [9.17, 15) is 0 Å². The quantitative estimate of drug-likeness (QED) is 0.806. The molecular weight excluding hydrogens is 220 g/mol. The van der Waals surface area contributed by atoms with Crippen LogP contribution in [-0.4, -0.2) is 37.1 Å². The fourth-order valence-corrected chi connectivity index (χ4v) is 3.74. The van der Waals surface area contributed by atoms with Gasteiger partial charge in [-0.25, -0.2) is 0 Å². The molecule has 2 saturated carbocycles. The third-order valence-corrected chi connectivity index (χ3v) is 5.03. The lowest BCUT2D eigenvalue weighted by Crippen LogP contribution is -2.42. The summed E-state index contributed by atoms with van der Waals surface area (Å²) < 4.78 is 0. The molecule has 0 aromatic heterocycles. The van der Waals surface area contributed by atoms with Crippen molar-refractivity contribution in [2.75, 3.05) is 20.1 Å². The molecule has 0 spiro atoms. The molecule has 2 heteroatoms. The van der Waals surface area contributed by atoms with Gasteiger partial charge in [0.2, 0.25) is 0 Å². The van der Waals surface area contributed by atoms with E-state index in [0.29, 0.717) is 0 Å². The summed E-state index contributed by atoms with van der Waals surface area (Å²) in [6.45, 7) is 4.83. The predicted molar refractivity (Wildman–Crippen MR) is 78.9 cm³/mol. The summed E-state index contributed by atoms with van der Waals surface area (Å²) in [6.07, 6.45) is 12.9. The molecule has 0 saturated heterocycles. The molecular formula is C16H32N2. The van der Waals surface area contributed by atoms with E-state index in [2.05, 4.69) is 24.2 Å². The summed E-state index contributed by atoms with van der Waals surface area (Å²) in [5.41, 5.74) is 0. The van der Waals surface area contributed by atoms with E-state index in [1.165, 1.54) is 70.9 Å². The van der Waals surface area contributed by atoms with Crippen LogP contribution in [0.4, 0.5) is 0 Å². The van der Waals surface area contributed by atoms with Crippen molar-refractivity contribution < 1.29 is 0 Å². The van der Waals surface area contributed by atoms with Gasteiger partial charge in [0.25, 0.3) is 0 Å². The number of hydrogen-bond acceptors (Lipinski definition) is 2. The van der Waals surface area contributed by atoms with Crippen LogP contribution >= 0.6 is 0 Å². The van der Waals surface area contributed by atoms with Gasteiger partial charge in [-0.3, -0.25) is 0 Å². The van der Waals surface area contributed by atoms with Crippen LogP contribution in [-0.2, 0) is 0 Å². The number of nitrogens with one attached hydrogen (secondary N) is 1. The third-order valence-electron chi connectivity index (χ3n) is 5.03. The first-order chi connectivity index (χ1) is 8.75. The lowest BCUT2D eigenvalue weighted by Gasteiger charge is -2.34. The standard InChI is InChI=1S/C16H32N2/c1-14-7-6-10-16(13-14)18(2)12-11-17-15-8-4-3-5-9-15/h14-17H,3-13H2,1-2H3. The molecule has 0 bridgehead atoms. The molecule has 0 aromatic rings. The second-order valence-corrected chi connectivity index (χ2v) is 6.70. The Labute approximate surface area is 114 Å². The van der Waals surface area contributed by atoms with E-state index in [1.807, 2.05) is 0 Å². The summed E-state index contributed by atoms with van der Waals surface area (Å²) in [5.74, 6) is 0.942. The normalized spacial score (nSPS) is 30.8. The Morgan fingerprint density at radius 1 is 1.00 bits per heavy atom. The maximum Gasteiger partial charge on any atom is 0.0107 e. The Hall–Kier alpha value is -0.0800. The van der Waals surface area contributed by atoms with E-state index in [4.69, 9.17) is 0 Å². The zero-order chi connectivity index (χ0) is 12.8. The molecule has 2 atom stereocenters. The molecule has 1 N–H and O–H groups in total. The number of likely N-dealkylation sites (N-methyl/N-ethyl adjacent to an activating group) is 1. The maximum absolute atomic E-state index is 3.76. The molecule has 0 amide bonds. The van der Waals surface area contributed by atoms with Crippen molar-refractivity contribution in [3.8, 4) is 0 Å². The number of rotatable bonds is 5. The average molecular weight is 252 g/mol. The van der Waals surface area contributed by atoms with E-state index in [1.54, 1.807) is 0 Å². The first-order valence-corrected chi connectivity index (χ1v) is 8.19. The van der Waals surface area contributed by atoms with Crippen LogP contribution in [0.1, 0.15) is 64.7 Å². The molecule has 0 aromatic carbocycles. The topological polar surface area (TPSA) is 15.3 Å². The van der Waals surface area contributed by atoms with Gasteiger partial charge in [0.05, 0.1) is 0 Å². The fraction of sp³-hybridized carbons (Fsp3) is 1.00. The van der Waals surface area contributed by atoms with Crippen LogP contribution in [0.3, 0.4) is 0 Å². The molecule has 2 aliphatic carbocycles. The molecule has 2 nitrogen and oxygen atoms in total. The minimum Gasteiger partial charge on any atom is -0.313 e. The molecule has 2 unspecified atom stereocenters. The van der Waals surface area contributed by atoms with Crippen molar-refractivity contribution in [3.05, 3.63) is 0 Å². The van der Waals surface area contributed by atoms with Crippen LogP contribution < -0.4 is 5.32 Å². The van der Waals surface area contributed by atoms with Gasteiger partial charge in [0.1, 0.15) is 0 Å². The Balaban J connectivity index is 1.60. The SMILES string of the molecule is CC1CCCC(N(C)CCNC2CCCCC2)C1. The molecule has 106 valence electrons. The lowest BCUT2D eigenvalue weighted by molar-refractivity contribution is 0.162. The van der Waals surface area contributed by atoms with Crippen LogP contribution in [0.25, 0.3) is 0 Å². The maximum atomic E-state index is 3.76. The monoisotopic (exact) mass is 252 g/mol. The van der Waals surface area contributed by atoms with Gasteiger partial charge in [-0.15, -0.1) is 0 Å². The van der Waals surface area contributed by atoms with Gasteiger partial charge in [-0.1, -0.05) is 39.0 Å². The lowest BCUT2D eigenvalue weighted by atomic mass is 9.86. The Bertz CT molecular complexity index is 223. The Morgan fingerprint density at radius 3 is 2.50 bits per heavy atom. The number of hydrogen-bond donors (Lipinski definition) is 1. The van der Waals surface area contributed by atoms with Crippen molar-refractivity contribution in [3.63, 3.8) is 0 Å². The van der Waals surface area contributed by atoms with Crippen LogP contribution in [0.15, 0.2) is 0 Å². The zero-order valence-corrected chi connectivity index (χ0v) is 12.5. The third kappa shape index (κ3) is 4.55. The minimum absolute atomic E-state index is 0.817. The first kappa shape index (κ1) is 14.3. The number of nitrogens with zero attached hydrogens (tertiary/aromatic N) is 1. The second kappa shape index (κ2) is 7.49. The summed E-state index contributed by atoms with van der Waals surface area (Å²) in [7, 11) is 2.32. The predicted octanol–water partition coefficient (Wildman–Crippen LogP) is 3.42. The van der Waals surface area contributed by atoms with Crippen LogP contribution in [0.5, 0.6) is 0 Å². The highest BCUT2D eigenvalue weighted by molar-refractivity contribution is 4.78. The van der Waals surface area contributed by atoms with Gasteiger partial charge in [0, 0.05) is 25.2 Å². The first-order valence-electron chi connectivity index (χ1n) is 8.19. The van der Waals surface area contributed by atoms with Crippen molar-refractivity contribution in [2.45, 2.75) is 76.8 Å². The highest BCUT2D eigenvalue weighted by Gasteiger charge is 2.22. The summed E-state index contributed by atoms with van der Waals surface area (Å²) >= 11 is 0. The van der Waals surface area contributed by atoms with Crippen molar-refractivity contribution in [1.82, 2.24) is 10.2 Å². The van der Waals surface area contributed by atoms with Gasteiger partial charge in [-0.2, -0.15) is 0 Å². The van der Waals surface area contributed by atoms with Gasteiger partial charge < -0.3 is 10.2 Å². The molecule has 0 aliphatic heterocycles. The molecule has 2 aliphatic rings. The molecule has 0 heterocycles. The summed E-state index contributed by atoms with van der Waals surface area (Å²) in [6, 6.07) is 1.67. The highest BCUT2D eigenvalue weighted by Crippen LogP contribution is 2.26. The smallest absolute Gasteiger partial charge is 0.0107 e. The average Bonchev–Trinajstić information content (AvgIpc) is 2.40. The summed E-state index contributed by atoms with van der Waals surface area (Å²) in [4.78, 5) is 2.60. The van der Waals surface area contributed by atoms with Crippen LogP contribution in [0, 0.1) is 5.92 Å². The van der Waals surface area contributed by atoms with Gasteiger partial charge in [-0.05, 0) is 38.6 Å². The Morgan fingerprint density at radius 2 is 1.78 bits per heavy atom. The van der Waals surface area contributed by atoms with Gasteiger partial charge in [0.15, 0.2) is 0 Å². The zero-order valence-electron chi connectivity index (χ0n) is 12.5. The van der Waals surface area contributed by atoms with Crippen molar-refractivity contribution in [1.29, 1.82) is 0 Å². The molecule has 2 fully saturated rings. The van der Waals surface area contributed by atoms with Crippen molar-refractivity contribution in [2.24, 2.45) is 5.92 Å². The largest absolute Gasteiger partial charge is 0.313 e. The second-order valence-electron chi connectivity index (χ2n) is 6.70. The fourth-order valence-electron chi connectivity index (χ4n) is 3.74. The Kier molecular flexibility index (Phi) is 5.97. The molecule has 18 heavy (non-hydrogen) atoms.